The fourth-order valence-electron chi connectivity index (χ4n) is 5.20. The number of nitrogens with zero attached hydrogens (tertiary/aromatic N) is 1. The van der Waals surface area contributed by atoms with Crippen molar-refractivity contribution in [3.8, 4) is 0 Å². The highest BCUT2D eigenvalue weighted by Crippen LogP contribution is 2.38. The van der Waals surface area contributed by atoms with E-state index in [4.69, 9.17) is 18.5 Å². The van der Waals surface area contributed by atoms with Crippen LogP contribution in [0.2, 0.25) is 0 Å². The molecule has 0 aliphatic rings. The molecular weight excluding hydrogens is 765 g/mol. The topological polar surface area (TPSA) is 131 Å². The number of ether oxygens (including phenoxy) is 2. The first-order chi connectivity index (χ1) is 28.4. The number of carbonyl (C=O) groups is 2. The van der Waals surface area contributed by atoms with Crippen LogP contribution in [0.25, 0.3) is 0 Å². The van der Waals surface area contributed by atoms with Crippen molar-refractivity contribution in [3.63, 3.8) is 0 Å². The Bertz CT molecular complexity index is 1340. The third-order valence-corrected chi connectivity index (χ3v) is 9.65. The van der Waals surface area contributed by atoms with Crippen LogP contribution in [0, 0.1) is 0 Å². The van der Waals surface area contributed by atoms with Gasteiger partial charge in [-0.2, -0.15) is 0 Å². The van der Waals surface area contributed by atoms with Crippen LogP contribution in [-0.2, 0) is 32.7 Å². The molecule has 10 nitrogen and oxygen atoms in total. The SMILES string of the molecule is CC/C=C/CC(O)/C=C/C=C/CCCCCCCC(=O)OC[C@H](COP(=O)([O-])OCC[N+](C)(C)C)OC(=O)CC/C=C\C/C=C\C/C=C\C/C=C\C/C=C\CCCCC. The zero-order valence-corrected chi connectivity index (χ0v) is 38.2. The summed E-state index contributed by atoms with van der Waals surface area (Å²) in [5.74, 6) is -0.996. The molecule has 3 atom stereocenters. The Hall–Kier alpha value is -3.11. The number of aliphatic hydroxyl groups is 1. The predicted octanol–water partition coefficient (Wildman–Crippen LogP) is 10.9. The molecule has 0 aliphatic carbocycles. The molecule has 0 bridgehead atoms. The second-order valence-corrected chi connectivity index (χ2v) is 16.9. The summed E-state index contributed by atoms with van der Waals surface area (Å²) >= 11 is 0. The minimum absolute atomic E-state index is 0.0619. The van der Waals surface area contributed by atoms with Crippen molar-refractivity contribution in [3.05, 3.63) is 97.2 Å². The van der Waals surface area contributed by atoms with E-state index in [1.807, 2.05) is 57.6 Å². The number of unbranched alkanes of at least 4 members (excludes halogenated alkanes) is 8. The van der Waals surface area contributed by atoms with E-state index in [-0.39, 0.29) is 26.1 Å². The summed E-state index contributed by atoms with van der Waals surface area (Å²) < 4.78 is 33.7. The molecule has 336 valence electrons. The quantitative estimate of drug-likeness (QED) is 0.0161. The van der Waals surface area contributed by atoms with Crippen molar-refractivity contribution in [2.75, 3.05) is 47.5 Å². The third kappa shape index (κ3) is 42.8. The summed E-state index contributed by atoms with van der Waals surface area (Å²) in [5.41, 5.74) is 0. The van der Waals surface area contributed by atoms with Crippen LogP contribution in [0.4, 0.5) is 0 Å². The fraction of sp³-hybridized carbons (Fsp3) is 0.625. The number of phosphoric ester groups is 1. The maximum Gasteiger partial charge on any atom is 0.306 e. The minimum atomic E-state index is -4.67. The molecule has 0 aromatic rings. The number of carbonyl (C=O) groups excluding carboxylic acids is 2. The molecule has 59 heavy (non-hydrogen) atoms. The molecule has 0 amide bonds. The Morgan fingerprint density at radius 1 is 0.644 bits per heavy atom. The van der Waals surface area contributed by atoms with E-state index in [2.05, 4.69) is 68.5 Å². The van der Waals surface area contributed by atoms with Gasteiger partial charge in [0.05, 0.1) is 33.9 Å². The maximum atomic E-state index is 12.6. The lowest BCUT2D eigenvalue weighted by atomic mass is 10.1. The highest BCUT2D eigenvalue weighted by Gasteiger charge is 2.21. The lowest BCUT2D eigenvalue weighted by Crippen LogP contribution is -2.37. The van der Waals surface area contributed by atoms with E-state index in [9.17, 15) is 24.2 Å². The minimum Gasteiger partial charge on any atom is -0.756 e. The lowest BCUT2D eigenvalue weighted by molar-refractivity contribution is -0.870. The number of likely N-dealkylation sites (N-methyl/N-ethyl adjacent to an activating group) is 1. The third-order valence-electron chi connectivity index (χ3n) is 8.68. The molecule has 0 aromatic heterocycles. The smallest absolute Gasteiger partial charge is 0.306 e. The van der Waals surface area contributed by atoms with E-state index in [1.54, 1.807) is 6.08 Å². The van der Waals surface area contributed by atoms with Crippen LogP contribution in [0.15, 0.2) is 97.2 Å². The van der Waals surface area contributed by atoms with Crippen LogP contribution >= 0.6 is 7.82 Å². The summed E-state index contributed by atoms with van der Waals surface area (Å²) in [4.78, 5) is 37.5. The van der Waals surface area contributed by atoms with Gasteiger partial charge in [-0.3, -0.25) is 14.2 Å². The molecule has 0 fully saturated rings. The first-order valence-corrected chi connectivity index (χ1v) is 23.5. The number of esters is 2. The van der Waals surface area contributed by atoms with Gasteiger partial charge in [-0.15, -0.1) is 0 Å². The van der Waals surface area contributed by atoms with E-state index in [0.717, 1.165) is 64.2 Å². The highest BCUT2D eigenvalue weighted by atomic mass is 31.2. The Labute approximate surface area is 358 Å². The first-order valence-electron chi connectivity index (χ1n) is 22.1. The van der Waals surface area contributed by atoms with Crippen molar-refractivity contribution in [1.82, 2.24) is 0 Å². The summed E-state index contributed by atoms with van der Waals surface area (Å²) in [6, 6.07) is 0. The normalized spacial score (nSPS) is 15.0. The van der Waals surface area contributed by atoms with Gasteiger partial charge in [0.2, 0.25) is 0 Å². The van der Waals surface area contributed by atoms with Gasteiger partial charge in [0.25, 0.3) is 7.82 Å². The average Bonchev–Trinajstić information content (AvgIpc) is 3.18. The summed E-state index contributed by atoms with van der Waals surface area (Å²) in [7, 11) is 1.06. The lowest BCUT2D eigenvalue weighted by Gasteiger charge is -2.28. The number of hydrogen-bond acceptors (Lipinski definition) is 9. The van der Waals surface area contributed by atoms with Gasteiger partial charge in [-0.05, 0) is 77.0 Å². The van der Waals surface area contributed by atoms with Crippen LogP contribution in [0.1, 0.15) is 136 Å². The van der Waals surface area contributed by atoms with E-state index >= 15 is 0 Å². The van der Waals surface area contributed by atoms with Gasteiger partial charge in [-0.1, -0.05) is 143 Å². The monoisotopic (exact) mass is 846 g/mol. The number of phosphoric acid groups is 1. The molecular formula is C48H80NO9P. The number of allylic oxidation sites excluding steroid dienone is 14. The second kappa shape index (κ2) is 39.1. The molecule has 0 heterocycles. The van der Waals surface area contributed by atoms with Crippen LogP contribution < -0.4 is 4.89 Å². The van der Waals surface area contributed by atoms with Crippen molar-refractivity contribution in [2.45, 2.75) is 148 Å². The van der Waals surface area contributed by atoms with Gasteiger partial charge in [0.1, 0.15) is 19.8 Å². The Morgan fingerprint density at radius 2 is 1.22 bits per heavy atom. The van der Waals surface area contributed by atoms with Gasteiger partial charge < -0.3 is 33.0 Å². The van der Waals surface area contributed by atoms with E-state index < -0.39 is 38.6 Å². The van der Waals surface area contributed by atoms with Gasteiger partial charge in [0.15, 0.2) is 6.10 Å². The maximum absolute atomic E-state index is 12.6. The molecule has 1 N–H and O–H groups in total. The standard InChI is InChI=1S/C48H80NO9P/c1-6-8-10-11-12-13-14-15-16-17-18-19-20-21-22-25-29-32-36-40-48(52)58-46(44-57-59(53,54)56-42-41-49(3,4)5)43-55-47(51)39-35-31-28-26-23-24-27-30-34-38-45(50)37-33-9-7-2/h9,12-13,15-16,18-19,21-22,27,29-30,32-34,38,45-46,50H,6-8,10-11,14,17,20,23-26,28,31,35-37,39-44H2,1-5H3/b13-12-,16-15-,19-18-,22-21-,30-27+,32-29-,33-9+,38-34+/t45?,46-/m1/s1. The molecule has 0 spiro atoms. The van der Waals surface area contributed by atoms with Crippen molar-refractivity contribution in [2.24, 2.45) is 0 Å². The Morgan fingerprint density at radius 3 is 1.85 bits per heavy atom. The number of aliphatic hydroxyl groups excluding tert-OH is 1. The van der Waals surface area contributed by atoms with E-state index in [1.165, 1.54) is 25.7 Å². The Kier molecular flexibility index (Phi) is 37.0. The zero-order chi connectivity index (χ0) is 43.7. The van der Waals surface area contributed by atoms with Gasteiger partial charge in [-0.25, -0.2) is 0 Å². The zero-order valence-electron chi connectivity index (χ0n) is 37.3. The Balaban J connectivity index is 4.58. The second-order valence-electron chi connectivity index (χ2n) is 15.5. The van der Waals surface area contributed by atoms with Crippen molar-refractivity contribution in [1.29, 1.82) is 0 Å². The van der Waals surface area contributed by atoms with Gasteiger partial charge >= 0.3 is 11.9 Å². The number of rotatable bonds is 38. The van der Waals surface area contributed by atoms with Crippen molar-refractivity contribution >= 4 is 19.8 Å². The largest absolute Gasteiger partial charge is 0.756 e. The summed E-state index contributed by atoms with van der Waals surface area (Å²) in [5, 5.41) is 9.88. The molecule has 0 aliphatic heterocycles. The van der Waals surface area contributed by atoms with Crippen LogP contribution in [0.3, 0.4) is 0 Å². The molecule has 0 saturated carbocycles. The molecule has 11 heteroatoms. The fourth-order valence-corrected chi connectivity index (χ4v) is 5.93. The number of hydrogen-bond donors (Lipinski definition) is 1. The number of quaternary nitrogens is 1. The summed E-state index contributed by atoms with van der Waals surface area (Å²) in [6.45, 7) is 3.83. The average molecular weight is 846 g/mol. The molecule has 0 radical (unpaired) electrons. The molecule has 0 rings (SSSR count). The van der Waals surface area contributed by atoms with Crippen molar-refractivity contribution < 1.29 is 47.2 Å². The highest BCUT2D eigenvalue weighted by molar-refractivity contribution is 7.45. The van der Waals surface area contributed by atoms with E-state index in [0.29, 0.717) is 30.3 Å². The molecule has 0 aromatic carbocycles. The van der Waals surface area contributed by atoms with Crippen LogP contribution in [0.5, 0.6) is 0 Å². The van der Waals surface area contributed by atoms with Crippen LogP contribution in [-0.4, -0.2) is 81.2 Å². The van der Waals surface area contributed by atoms with Gasteiger partial charge in [0, 0.05) is 12.8 Å². The predicted molar refractivity (Wildman–Crippen MR) is 241 cm³/mol. The first kappa shape index (κ1) is 55.9. The molecule has 2 unspecified atom stereocenters. The summed E-state index contributed by atoms with van der Waals surface area (Å²) in [6.07, 6.45) is 47.8. The molecule has 0 saturated heterocycles.